The predicted octanol–water partition coefficient (Wildman–Crippen LogP) is 2.36. The van der Waals surface area contributed by atoms with E-state index in [4.69, 9.17) is 9.84 Å². The molecule has 1 atom stereocenters. The molecule has 24 heavy (non-hydrogen) atoms. The molecule has 1 aliphatic rings. The largest absolute Gasteiger partial charge is 0.495 e. The molecule has 0 saturated carbocycles. The zero-order chi connectivity index (χ0) is 18.1. The van der Waals surface area contributed by atoms with Crippen molar-refractivity contribution in [2.75, 3.05) is 20.2 Å². The van der Waals surface area contributed by atoms with Gasteiger partial charge in [-0.05, 0) is 31.0 Å². The van der Waals surface area contributed by atoms with Crippen LogP contribution in [0.2, 0.25) is 0 Å². The fraction of sp³-hybridized carbons (Fsp3) is 0.500. The highest BCUT2D eigenvalue weighted by Gasteiger charge is 2.44. The molecule has 1 aliphatic heterocycles. The average molecular weight is 367 g/mol. The second-order valence-corrected chi connectivity index (χ2v) is 7.32. The molecule has 0 radical (unpaired) electrons. The maximum Gasteiger partial charge on any atom is 0.393 e. The van der Waals surface area contributed by atoms with Crippen LogP contribution in [0.1, 0.15) is 23.2 Å². The van der Waals surface area contributed by atoms with Crippen LogP contribution in [0.25, 0.3) is 0 Å². The van der Waals surface area contributed by atoms with Crippen LogP contribution < -0.4 is 4.74 Å². The number of carbonyl (C=O) groups is 1. The van der Waals surface area contributed by atoms with Crippen molar-refractivity contribution < 1.29 is 36.2 Å². The molecule has 1 N–H and O–H groups in total. The zero-order valence-corrected chi connectivity index (χ0v) is 13.5. The second kappa shape index (κ2) is 6.60. The van der Waals surface area contributed by atoms with Gasteiger partial charge in [0.05, 0.1) is 18.6 Å². The molecule has 2 rings (SSSR count). The van der Waals surface area contributed by atoms with Crippen molar-refractivity contribution in [3.63, 3.8) is 0 Å². The van der Waals surface area contributed by atoms with E-state index in [-0.39, 0.29) is 30.7 Å². The van der Waals surface area contributed by atoms with E-state index in [0.717, 1.165) is 16.4 Å². The first kappa shape index (κ1) is 18.5. The van der Waals surface area contributed by atoms with Gasteiger partial charge in [-0.15, -0.1) is 0 Å². The molecule has 0 aromatic heterocycles. The van der Waals surface area contributed by atoms with Crippen LogP contribution in [0.5, 0.6) is 5.75 Å². The first-order chi connectivity index (χ1) is 11.1. The molecular weight excluding hydrogens is 351 g/mol. The molecule has 0 amide bonds. The monoisotopic (exact) mass is 367 g/mol. The van der Waals surface area contributed by atoms with Crippen molar-refractivity contribution in [1.29, 1.82) is 0 Å². The normalized spacial score (nSPS) is 19.9. The maximum atomic E-state index is 12.9. The smallest absolute Gasteiger partial charge is 0.393 e. The van der Waals surface area contributed by atoms with Gasteiger partial charge in [0, 0.05) is 13.1 Å². The van der Waals surface area contributed by atoms with Crippen LogP contribution in [0.4, 0.5) is 13.2 Å². The summed E-state index contributed by atoms with van der Waals surface area (Å²) in [6.45, 7) is -0.748. The Bertz CT molecular complexity index is 732. The lowest BCUT2D eigenvalue weighted by molar-refractivity contribution is -0.182. The molecule has 1 heterocycles. The quantitative estimate of drug-likeness (QED) is 0.883. The van der Waals surface area contributed by atoms with Crippen molar-refractivity contribution in [3.8, 4) is 5.75 Å². The molecule has 0 aliphatic carbocycles. The third-order valence-electron chi connectivity index (χ3n) is 3.88. The van der Waals surface area contributed by atoms with Gasteiger partial charge in [0.15, 0.2) is 0 Å². The van der Waals surface area contributed by atoms with Crippen LogP contribution in [0, 0.1) is 5.92 Å². The Morgan fingerprint density at radius 2 is 2.04 bits per heavy atom. The number of aromatic carboxylic acids is 1. The van der Waals surface area contributed by atoms with Gasteiger partial charge < -0.3 is 9.84 Å². The number of carboxylic acids is 1. The summed E-state index contributed by atoms with van der Waals surface area (Å²) in [7, 11) is -3.11. The SMILES string of the molecule is COc1ccc(C(=O)O)cc1S(=O)(=O)N1CCC[C@H](C(F)(F)F)C1. The highest BCUT2D eigenvalue weighted by Crippen LogP contribution is 2.36. The molecular formula is C14H16F3NO5S. The van der Waals surface area contributed by atoms with E-state index in [1.807, 2.05) is 0 Å². The van der Waals surface area contributed by atoms with Crippen LogP contribution in [0.3, 0.4) is 0 Å². The van der Waals surface area contributed by atoms with E-state index in [0.29, 0.717) is 0 Å². The van der Waals surface area contributed by atoms with Gasteiger partial charge in [0.25, 0.3) is 0 Å². The minimum absolute atomic E-state index is 0.0602. The van der Waals surface area contributed by atoms with Crippen molar-refractivity contribution in [1.82, 2.24) is 4.31 Å². The van der Waals surface area contributed by atoms with E-state index in [2.05, 4.69) is 0 Å². The minimum Gasteiger partial charge on any atom is -0.495 e. The summed E-state index contributed by atoms with van der Waals surface area (Å²) in [5.74, 6) is -3.20. The lowest BCUT2D eigenvalue weighted by Crippen LogP contribution is -2.44. The number of nitrogens with zero attached hydrogens (tertiary/aromatic N) is 1. The topological polar surface area (TPSA) is 83.9 Å². The molecule has 0 bridgehead atoms. The van der Waals surface area contributed by atoms with Gasteiger partial charge in [-0.25, -0.2) is 13.2 Å². The van der Waals surface area contributed by atoms with Crippen molar-refractivity contribution in [2.24, 2.45) is 5.92 Å². The fourth-order valence-corrected chi connectivity index (χ4v) is 4.28. The van der Waals surface area contributed by atoms with E-state index in [1.54, 1.807) is 0 Å². The Morgan fingerprint density at radius 3 is 2.58 bits per heavy atom. The summed E-state index contributed by atoms with van der Waals surface area (Å²) in [6, 6.07) is 3.23. The average Bonchev–Trinajstić information content (AvgIpc) is 2.53. The molecule has 10 heteroatoms. The van der Waals surface area contributed by atoms with Crippen molar-refractivity contribution in [3.05, 3.63) is 23.8 Å². The third kappa shape index (κ3) is 3.64. The lowest BCUT2D eigenvalue weighted by atomic mass is 9.99. The van der Waals surface area contributed by atoms with Gasteiger partial charge in [0.1, 0.15) is 10.6 Å². The second-order valence-electron chi connectivity index (χ2n) is 5.41. The van der Waals surface area contributed by atoms with E-state index >= 15 is 0 Å². The Hall–Kier alpha value is -1.81. The molecule has 0 spiro atoms. The number of sulfonamides is 1. The van der Waals surface area contributed by atoms with Crippen LogP contribution in [-0.2, 0) is 10.0 Å². The van der Waals surface area contributed by atoms with E-state index < -0.39 is 39.5 Å². The number of methoxy groups -OCH3 is 1. The number of ether oxygens (including phenoxy) is 1. The predicted molar refractivity (Wildman–Crippen MR) is 77.5 cm³/mol. The number of halogens is 3. The van der Waals surface area contributed by atoms with Gasteiger partial charge in [-0.3, -0.25) is 0 Å². The summed E-state index contributed by atoms with van der Waals surface area (Å²) in [5.41, 5.74) is -0.293. The number of piperidine rings is 1. The van der Waals surface area contributed by atoms with Gasteiger partial charge in [-0.2, -0.15) is 17.5 Å². The molecule has 6 nitrogen and oxygen atoms in total. The Kier molecular flexibility index (Phi) is 5.09. The number of benzene rings is 1. The van der Waals surface area contributed by atoms with Crippen molar-refractivity contribution >= 4 is 16.0 Å². The number of carboxylic acid groups (broad SMARTS) is 1. The summed E-state index contributed by atoms with van der Waals surface area (Å²) in [6.07, 6.45) is -4.55. The first-order valence-corrected chi connectivity index (χ1v) is 8.49. The molecule has 1 saturated heterocycles. The molecule has 1 aromatic carbocycles. The number of alkyl halides is 3. The highest BCUT2D eigenvalue weighted by atomic mass is 32.2. The number of hydrogen-bond donors (Lipinski definition) is 1. The number of hydrogen-bond acceptors (Lipinski definition) is 4. The Balaban J connectivity index is 2.43. The Labute approximate surface area is 136 Å². The van der Waals surface area contributed by atoms with Crippen molar-refractivity contribution in [2.45, 2.75) is 23.9 Å². The molecule has 134 valence electrons. The number of rotatable bonds is 4. The van der Waals surface area contributed by atoms with E-state index in [1.165, 1.54) is 13.2 Å². The van der Waals surface area contributed by atoms with Crippen LogP contribution in [0.15, 0.2) is 23.1 Å². The van der Waals surface area contributed by atoms with Crippen LogP contribution in [-0.4, -0.2) is 50.2 Å². The summed E-state index contributed by atoms with van der Waals surface area (Å²) >= 11 is 0. The van der Waals surface area contributed by atoms with Gasteiger partial charge >= 0.3 is 12.1 Å². The third-order valence-corrected chi connectivity index (χ3v) is 5.76. The van der Waals surface area contributed by atoms with Crippen LogP contribution >= 0.6 is 0 Å². The fourth-order valence-electron chi connectivity index (χ4n) is 2.58. The first-order valence-electron chi connectivity index (χ1n) is 7.05. The summed E-state index contributed by atoms with van der Waals surface area (Å²) in [5, 5.41) is 9.00. The molecule has 1 fully saturated rings. The highest BCUT2D eigenvalue weighted by molar-refractivity contribution is 7.89. The van der Waals surface area contributed by atoms with Gasteiger partial charge in [0.2, 0.25) is 10.0 Å². The summed E-state index contributed by atoms with van der Waals surface area (Å²) in [4.78, 5) is 10.6. The molecule has 1 aromatic rings. The van der Waals surface area contributed by atoms with Gasteiger partial charge in [-0.1, -0.05) is 0 Å². The molecule has 0 unspecified atom stereocenters. The van der Waals surface area contributed by atoms with E-state index in [9.17, 15) is 26.4 Å². The zero-order valence-electron chi connectivity index (χ0n) is 12.7. The standard InChI is InChI=1S/C14H16F3NO5S/c1-23-11-5-4-9(13(19)20)7-12(11)24(21,22)18-6-2-3-10(8-18)14(15,16)17/h4-5,7,10H,2-3,6,8H2,1H3,(H,19,20)/t10-/m0/s1. The summed E-state index contributed by atoms with van der Waals surface area (Å²) < 4.78 is 69.8. The minimum atomic E-state index is -4.48. The maximum absolute atomic E-state index is 12.9. The Morgan fingerprint density at radius 1 is 1.38 bits per heavy atom. The lowest BCUT2D eigenvalue weighted by Gasteiger charge is -2.33.